The number of hydrogen-bond acceptors (Lipinski definition) is 3. The molecule has 0 radical (unpaired) electrons. The normalized spacial score (nSPS) is 11.6. The van der Waals surface area contributed by atoms with Crippen molar-refractivity contribution in [1.82, 2.24) is 10.6 Å². The van der Waals surface area contributed by atoms with Gasteiger partial charge < -0.3 is 15.4 Å². The largest absolute Gasteiger partial charge is 0.368 e. The summed E-state index contributed by atoms with van der Waals surface area (Å²) in [5.41, 5.74) is 0. The molecule has 0 aromatic carbocycles. The molecule has 0 rings (SSSR count). The van der Waals surface area contributed by atoms with E-state index in [-0.39, 0.29) is 18.4 Å². The summed E-state index contributed by atoms with van der Waals surface area (Å²) in [7, 11) is 0. The van der Waals surface area contributed by atoms with Crippen LogP contribution in [0.25, 0.3) is 0 Å². The number of ether oxygens (including phenoxy) is 1. The molecule has 1 atom stereocenters. The van der Waals surface area contributed by atoms with Gasteiger partial charge in [0.25, 0.3) is 0 Å². The molecule has 0 aromatic heterocycles. The van der Waals surface area contributed by atoms with Gasteiger partial charge in [0.2, 0.25) is 11.8 Å². The lowest BCUT2D eigenvalue weighted by Crippen LogP contribution is -2.41. The van der Waals surface area contributed by atoms with Gasteiger partial charge in [-0.1, -0.05) is 6.08 Å². The van der Waals surface area contributed by atoms with Crippen molar-refractivity contribution in [2.45, 2.75) is 26.4 Å². The predicted molar refractivity (Wildman–Crippen MR) is 61.9 cm³/mol. The van der Waals surface area contributed by atoms with Gasteiger partial charge in [0, 0.05) is 6.54 Å². The summed E-state index contributed by atoms with van der Waals surface area (Å²) in [6.45, 7) is 8.02. The minimum atomic E-state index is -0.547. The number of likely N-dealkylation sites (N-methyl/N-ethyl adjacent to an activating group) is 1. The number of nitrogens with one attached hydrogen (secondary N) is 2. The van der Waals surface area contributed by atoms with E-state index in [1.807, 2.05) is 6.92 Å². The highest BCUT2D eigenvalue weighted by Crippen LogP contribution is 1.92. The van der Waals surface area contributed by atoms with Crippen molar-refractivity contribution in [3.05, 3.63) is 12.7 Å². The molecule has 0 aliphatic carbocycles. The van der Waals surface area contributed by atoms with Gasteiger partial charge in [-0.3, -0.25) is 9.59 Å². The third kappa shape index (κ3) is 7.00. The molecule has 0 aromatic rings. The van der Waals surface area contributed by atoms with Gasteiger partial charge in [-0.2, -0.15) is 0 Å². The maximum absolute atomic E-state index is 11.4. The second kappa shape index (κ2) is 8.91. The van der Waals surface area contributed by atoms with Crippen LogP contribution in [-0.4, -0.2) is 37.6 Å². The summed E-state index contributed by atoms with van der Waals surface area (Å²) >= 11 is 0. The van der Waals surface area contributed by atoms with Crippen LogP contribution in [0.3, 0.4) is 0 Å². The monoisotopic (exact) mass is 228 g/mol. The summed E-state index contributed by atoms with van der Waals surface area (Å²) < 4.78 is 5.22. The first-order valence-corrected chi connectivity index (χ1v) is 5.38. The van der Waals surface area contributed by atoms with Gasteiger partial charge in [0.15, 0.2) is 0 Å². The Morgan fingerprint density at radius 2 is 2.12 bits per heavy atom. The van der Waals surface area contributed by atoms with Crippen molar-refractivity contribution in [3.63, 3.8) is 0 Å². The van der Waals surface area contributed by atoms with E-state index in [1.54, 1.807) is 13.0 Å². The highest BCUT2D eigenvalue weighted by Gasteiger charge is 2.13. The number of carbonyl (C=O) groups is 2. The van der Waals surface area contributed by atoms with Gasteiger partial charge in [0.05, 0.1) is 13.2 Å². The van der Waals surface area contributed by atoms with Gasteiger partial charge in [-0.15, -0.1) is 6.58 Å². The maximum Gasteiger partial charge on any atom is 0.249 e. The second-order valence-corrected chi connectivity index (χ2v) is 3.26. The highest BCUT2D eigenvalue weighted by molar-refractivity contribution is 5.86. The molecular formula is C11H20N2O3. The SMILES string of the molecule is C=CCCOC(C)C(=O)NCC(=O)NCC. The Hall–Kier alpha value is -1.36. The van der Waals surface area contributed by atoms with Crippen LogP contribution >= 0.6 is 0 Å². The molecule has 0 fully saturated rings. The zero-order chi connectivity index (χ0) is 12.4. The summed E-state index contributed by atoms with van der Waals surface area (Å²) in [4.78, 5) is 22.5. The van der Waals surface area contributed by atoms with E-state index in [0.717, 1.165) is 0 Å². The molecule has 0 spiro atoms. The van der Waals surface area contributed by atoms with E-state index in [1.165, 1.54) is 0 Å². The first-order valence-electron chi connectivity index (χ1n) is 5.38. The standard InChI is InChI=1S/C11H20N2O3/c1-4-6-7-16-9(3)11(15)13-8-10(14)12-5-2/h4,9H,1,5-8H2,2-3H3,(H,12,14)(H,13,15). The third-order valence-electron chi connectivity index (χ3n) is 1.86. The lowest BCUT2D eigenvalue weighted by molar-refractivity contribution is -0.133. The van der Waals surface area contributed by atoms with Crippen molar-refractivity contribution in [1.29, 1.82) is 0 Å². The zero-order valence-corrected chi connectivity index (χ0v) is 9.91. The van der Waals surface area contributed by atoms with E-state index >= 15 is 0 Å². The van der Waals surface area contributed by atoms with Crippen LogP contribution in [0.15, 0.2) is 12.7 Å². The molecule has 0 aliphatic heterocycles. The molecule has 0 saturated carbocycles. The van der Waals surface area contributed by atoms with Crippen LogP contribution in [0.5, 0.6) is 0 Å². The Bertz CT molecular complexity index is 241. The second-order valence-electron chi connectivity index (χ2n) is 3.26. The summed E-state index contributed by atoms with van der Waals surface area (Å²) in [5.74, 6) is -0.482. The fourth-order valence-corrected chi connectivity index (χ4v) is 0.975. The molecule has 5 nitrogen and oxygen atoms in total. The number of carbonyl (C=O) groups excluding carboxylic acids is 2. The van der Waals surface area contributed by atoms with Crippen LogP contribution in [0.4, 0.5) is 0 Å². The Morgan fingerprint density at radius 3 is 2.69 bits per heavy atom. The van der Waals surface area contributed by atoms with E-state index in [9.17, 15) is 9.59 Å². The van der Waals surface area contributed by atoms with Gasteiger partial charge in [-0.25, -0.2) is 0 Å². The zero-order valence-electron chi connectivity index (χ0n) is 9.91. The third-order valence-corrected chi connectivity index (χ3v) is 1.86. The average Bonchev–Trinajstić information content (AvgIpc) is 2.26. The number of amides is 2. The molecule has 2 amide bonds. The van der Waals surface area contributed by atoms with Crippen molar-refractivity contribution in [2.24, 2.45) is 0 Å². The molecule has 1 unspecified atom stereocenters. The lowest BCUT2D eigenvalue weighted by atomic mass is 10.3. The predicted octanol–water partition coefficient (Wildman–Crippen LogP) is 0.220. The van der Waals surface area contributed by atoms with E-state index in [4.69, 9.17) is 4.74 Å². The van der Waals surface area contributed by atoms with Crippen molar-refractivity contribution >= 4 is 11.8 Å². The fraction of sp³-hybridized carbons (Fsp3) is 0.636. The fourth-order valence-electron chi connectivity index (χ4n) is 0.975. The van der Waals surface area contributed by atoms with E-state index < -0.39 is 6.10 Å². The van der Waals surface area contributed by atoms with Crippen LogP contribution < -0.4 is 10.6 Å². The smallest absolute Gasteiger partial charge is 0.249 e. The molecule has 0 heterocycles. The number of hydrogen-bond donors (Lipinski definition) is 2. The number of rotatable bonds is 8. The Kier molecular flexibility index (Phi) is 8.15. The summed E-state index contributed by atoms with van der Waals surface area (Å²) in [6, 6.07) is 0. The van der Waals surface area contributed by atoms with Gasteiger partial charge in [-0.05, 0) is 20.3 Å². The molecule has 0 aliphatic rings. The van der Waals surface area contributed by atoms with E-state index in [0.29, 0.717) is 19.6 Å². The van der Waals surface area contributed by atoms with Crippen LogP contribution in [0.1, 0.15) is 20.3 Å². The molecule has 0 saturated heterocycles. The Balaban J connectivity index is 3.70. The Morgan fingerprint density at radius 1 is 1.44 bits per heavy atom. The van der Waals surface area contributed by atoms with Gasteiger partial charge >= 0.3 is 0 Å². The average molecular weight is 228 g/mol. The van der Waals surface area contributed by atoms with Crippen LogP contribution in [0, 0.1) is 0 Å². The molecule has 5 heteroatoms. The van der Waals surface area contributed by atoms with Crippen LogP contribution in [0.2, 0.25) is 0 Å². The maximum atomic E-state index is 11.4. The molecule has 16 heavy (non-hydrogen) atoms. The Labute approximate surface area is 96.2 Å². The minimum Gasteiger partial charge on any atom is -0.368 e. The highest BCUT2D eigenvalue weighted by atomic mass is 16.5. The molecule has 2 N–H and O–H groups in total. The molecule has 92 valence electrons. The van der Waals surface area contributed by atoms with Crippen LogP contribution in [-0.2, 0) is 14.3 Å². The minimum absolute atomic E-state index is 0.0121. The van der Waals surface area contributed by atoms with Crippen molar-refractivity contribution < 1.29 is 14.3 Å². The summed E-state index contributed by atoms with van der Waals surface area (Å²) in [6.07, 6.45) is 1.88. The molecule has 0 bridgehead atoms. The quantitative estimate of drug-likeness (QED) is 0.461. The van der Waals surface area contributed by atoms with Crippen molar-refractivity contribution in [3.8, 4) is 0 Å². The van der Waals surface area contributed by atoms with Gasteiger partial charge in [0.1, 0.15) is 6.10 Å². The molecular weight excluding hydrogens is 208 g/mol. The lowest BCUT2D eigenvalue weighted by Gasteiger charge is -2.12. The first kappa shape index (κ1) is 14.6. The van der Waals surface area contributed by atoms with E-state index in [2.05, 4.69) is 17.2 Å². The topological polar surface area (TPSA) is 67.4 Å². The first-order chi connectivity index (χ1) is 7.61. The van der Waals surface area contributed by atoms with Crippen molar-refractivity contribution in [2.75, 3.05) is 19.7 Å². The summed E-state index contributed by atoms with van der Waals surface area (Å²) in [5, 5.41) is 5.08.